The van der Waals surface area contributed by atoms with E-state index in [2.05, 4.69) is 20.7 Å². The Morgan fingerprint density at radius 3 is 2.89 bits per heavy atom. The first-order chi connectivity index (χ1) is 9.15. The summed E-state index contributed by atoms with van der Waals surface area (Å²) in [5.41, 5.74) is 1.29. The maximum atomic E-state index is 10.9. The number of hydrogen-bond donors (Lipinski definition) is 1. The van der Waals surface area contributed by atoms with Crippen LogP contribution in [0.4, 0.5) is 5.69 Å². The minimum Gasteiger partial charge on any atom is -0.312 e. The van der Waals surface area contributed by atoms with Gasteiger partial charge in [0.05, 0.1) is 11.0 Å². The fourth-order valence-corrected chi connectivity index (χ4v) is 1.88. The number of nitro benzene ring substituents is 1. The summed E-state index contributed by atoms with van der Waals surface area (Å²) >= 11 is 0. The largest absolute Gasteiger partial charge is 0.312 e. The Hall–Kier alpha value is -2.35. The minimum atomic E-state index is -0.404. The van der Waals surface area contributed by atoms with Crippen LogP contribution < -0.4 is 5.32 Å². The number of nitro groups is 1. The second-order valence-electron chi connectivity index (χ2n) is 4.50. The third-order valence-electron chi connectivity index (χ3n) is 3.18. The number of benzene rings is 1. The van der Waals surface area contributed by atoms with Crippen molar-refractivity contribution in [1.82, 2.24) is 25.5 Å². The van der Waals surface area contributed by atoms with Crippen LogP contribution in [-0.2, 0) is 0 Å². The second kappa shape index (κ2) is 4.39. The van der Waals surface area contributed by atoms with Gasteiger partial charge in [0.1, 0.15) is 0 Å². The Bertz CT molecular complexity index is 634. The van der Waals surface area contributed by atoms with Gasteiger partial charge in [-0.05, 0) is 12.1 Å². The third kappa shape index (κ3) is 2.06. The lowest BCUT2D eigenvalue weighted by atomic mass is 10.1. The average Bonchev–Trinajstić information content (AvgIpc) is 2.76. The van der Waals surface area contributed by atoms with Crippen LogP contribution in [0.25, 0.3) is 11.4 Å². The van der Waals surface area contributed by atoms with E-state index in [1.54, 1.807) is 23.9 Å². The molecule has 1 aliphatic rings. The summed E-state index contributed by atoms with van der Waals surface area (Å²) in [7, 11) is 0. The number of aryl methyl sites for hydroxylation is 1. The molecule has 19 heavy (non-hydrogen) atoms. The van der Waals surface area contributed by atoms with Crippen LogP contribution in [0.15, 0.2) is 18.2 Å². The molecule has 8 heteroatoms. The normalized spacial score (nSPS) is 15.2. The van der Waals surface area contributed by atoms with Gasteiger partial charge in [0.25, 0.3) is 5.69 Å². The summed E-state index contributed by atoms with van der Waals surface area (Å²) in [5.74, 6) is 0.412. The van der Waals surface area contributed by atoms with E-state index in [1.807, 2.05) is 0 Å². The second-order valence-corrected chi connectivity index (χ2v) is 4.50. The van der Waals surface area contributed by atoms with Crippen LogP contribution in [0.1, 0.15) is 11.6 Å². The van der Waals surface area contributed by atoms with Gasteiger partial charge in [-0.25, -0.2) is 0 Å². The van der Waals surface area contributed by atoms with Crippen molar-refractivity contribution in [3.8, 4) is 11.4 Å². The van der Waals surface area contributed by atoms with Crippen molar-refractivity contribution in [2.75, 3.05) is 13.1 Å². The van der Waals surface area contributed by atoms with E-state index in [-0.39, 0.29) is 11.7 Å². The van der Waals surface area contributed by atoms with Gasteiger partial charge >= 0.3 is 0 Å². The average molecular weight is 260 g/mol. The summed E-state index contributed by atoms with van der Waals surface area (Å²) in [6.07, 6.45) is 0. The van der Waals surface area contributed by atoms with Crippen LogP contribution in [0.3, 0.4) is 0 Å². The Labute approximate surface area is 108 Å². The molecular weight excluding hydrogens is 248 g/mol. The predicted molar refractivity (Wildman–Crippen MR) is 66.6 cm³/mol. The first kappa shape index (κ1) is 11.7. The lowest BCUT2D eigenvalue weighted by Gasteiger charge is -2.24. The molecule has 0 unspecified atom stereocenters. The third-order valence-corrected chi connectivity index (χ3v) is 3.18. The topological polar surface area (TPSA) is 98.8 Å². The summed E-state index contributed by atoms with van der Waals surface area (Å²) in [6.45, 7) is 3.35. The number of nitrogens with one attached hydrogen (secondary N) is 1. The SMILES string of the molecule is Cc1ccc(-c2nnn(C3CNC3)n2)cc1[N+](=O)[O-]. The molecular formula is C11H12N6O2. The van der Waals surface area contributed by atoms with Crippen LogP contribution in [0, 0.1) is 17.0 Å². The molecule has 1 saturated heterocycles. The zero-order chi connectivity index (χ0) is 13.4. The van der Waals surface area contributed by atoms with Gasteiger partial charge in [-0.15, -0.1) is 10.2 Å². The molecule has 0 atom stereocenters. The van der Waals surface area contributed by atoms with Crippen LogP contribution in [-0.4, -0.2) is 38.2 Å². The van der Waals surface area contributed by atoms with E-state index < -0.39 is 4.92 Å². The Morgan fingerprint density at radius 1 is 1.47 bits per heavy atom. The van der Waals surface area contributed by atoms with Gasteiger partial charge in [0, 0.05) is 30.3 Å². The van der Waals surface area contributed by atoms with Gasteiger partial charge in [-0.3, -0.25) is 10.1 Å². The number of tetrazole rings is 1. The molecule has 1 aromatic carbocycles. The molecule has 0 radical (unpaired) electrons. The van der Waals surface area contributed by atoms with Gasteiger partial charge in [0.2, 0.25) is 5.82 Å². The van der Waals surface area contributed by atoms with E-state index >= 15 is 0 Å². The van der Waals surface area contributed by atoms with E-state index in [4.69, 9.17) is 0 Å². The molecule has 98 valence electrons. The quantitative estimate of drug-likeness (QED) is 0.644. The molecule has 1 aromatic heterocycles. The molecule has 2 aromatic rings. The lowest BCUT2D eigenvalue weighted by molar-refractivity contribution is -0.385. The van der Waals surface area contributed by atoms with Crippen molar-refractivity contribution in [3.63, 3.8) is 0 Å². The van der Waals surface area contributed by atoms with Crippen molar-refractivity contribution in [1.29, 1.82) is 0 Å². The molecule has 1 fully saturated rings. The van der Waals surface area contributed by atoms with Crippen LogP contribution >= 0.6 is 0 Å². The summed E-state index contributed by atoms with van der Waals surface area (Å²) in [6, 6.07) is 5.17. The molecule has 0 spiro atoms. The first-order valence-electron chi connectivity index (χ1n) is 5.91. The predicted octanol–water partition coefficient (Wildman–Crippen LogP) is 0.701. The highest BCUT2D eigenvalue weighted by atomic mass is 16.6. The summed E-state index contributed by atoms with van der Waals surface area (Å²) in [5, 5.41) is 26.2. The van der Waals surface area contributed by atoms with Crippen molar-refractivity contribution >= 4 is 5.69 Å². The van der Waals surface area contributed by atoms with Gasteiger partial charge in [-0.1, -0.05) is 12.1 Å². The fraction of sp³-hybridized carbons (Fsp3) is 0.364. The molecule has 0 amide bonds. The molecule has 1 N–H and O–H groups in total. The molecule has 2 heterocycles. The van der Waals surface area contributed by atoms with E-state index in [0.29, 0.717) is 17.0 Å². The lowest BCUT2D eigenvalue weighted by Crippen LogP contribution is -2.44. The molecule has 0 bridgehead atoms. The fourth-order valence-electron chi connectivity index (χ4n) is 1.88. The number of hydrogen-bond acceptors (Lipinski definition) is 6. The van der Waals surface area contributed by atoms with Gasteiger partial charge in [0.15, 0.2) is 0 Å². The molecule has 8 nitrogen and oxygen atoms in total. The van der Waals surface area contributed by atoms with Crippen LogP contribution in [0.5, 0.6) is 0 Å². The molecule has 3 rings (SSSR count). The van der Waals surface area contributed by atoms with Crippen molar-refractivity contribution in [3.05, 3.63) is 33.9 Å². The smallest absolute Gasteiger partial charge is 0.273 e. The molecule has 0 saturated carbocycles. The summed E-state index contributed by atoms with van der Waals surface area (Å²) < 4.78 is 0. The summed E-state index contributed by atoms with van der Waals surface area (Å²) in [4.78, 5) is 12.1. The molecule has 1 aliphatic heterocycles. The highest BCUT2D eigenvalue weighted by Gasteiger charge is 2.22. The number of nitrogens with zero attached hydrogens (tertiary/aromatic N) is 5. The van der Waals surface area contributed by atoms with E-state index in [0.717, 1.165) is 13.1 Å². The standard InChI is InChI=1S/C11H12N6O2/c1-7-2-3-8(4-10(7)17(18)19)11-13-15-16(14-11)9-5-12-6-9/h2-4,9,12H,5-6H2,1H3. The van der Waals surface area contributed by atoms with Crippen molar-refractivity contribution in [2.45, 2.75) is 13.0 Å². The highest BCUT2D eigenvalue weighted by Crippen LogP contribution is 2.24. The van der Waals surface area contributed by atoms with Crippen molar-refractivity contribution in [2.24, 2.45) is 0 Å². The van der Waals surface area contributed by atoms with E-state index in [9.17, 15) is 10.1 Å². The number of rotatable bonds is 3. The first-order valence-corrected chi connectivity index (χ1v) is 5.91. The Morgan fingerprint density at radius 2 is 2.26 bits per heavy atom. The zero-order valence-corrected chi connectivity index (χ0v) is 10.3. The Kier molecular flexibility index (Phi) is 2.71. The van der Waals surface area contributed by atoms with Crippen molar-refractivity contribution < 1.29 is 4.92 Å². The number of aromatic nitrogens is 4. The zero-order valence-electron chi connectivity index (χ0n) is 10.3. The Balaban J connectivity index is 1.95. The molecule has 0 aliphatic carbocycles. The maximum absolute atomic E-state index is 10.9. The highest BCUT2D eigenvalue weighted by molar-refractivity contribution is 5.60. The monoisotopic (exact) mass is 260 g/mol. The van der Waals surface area contributed by atoms with Gasteiger partial charge < -0.3 is 5.32 Å². The van der Waals surface area contributed by atoms with Crippen LogP contribution in [0.2, 0.25) is 0 Å². The van der Waals surface area contributed by atoms with E-state index in [1.165, 1.54) is 6.07 Å². The maximum Gasteiger partial charge on any atom is 0.273 e. The minimum absolute atomic E-state index is 0.0687. The van der Waals surface area contributed by atoms with Gasteiger partial charge in [-0.2, -0.15) is 4.80 Å².